The van der Waals surface area contributed by atoms with Crippen molar-refractivity contribution in [1.82, 2.24) is 14.5 Å². The Bertz CT molecular complexity index is 2870. The fourth-order valence-corrected chi connectivity index (χ4v) is 7.73. The molecule has 0 amide bonds. The number of pyridine rings is 1. The van der Waals surface area contributed by atoms with Gasteiger partial charge in [-0.1, -0.05) is 146 Å². The van der Waals surface area contributed by atoms with Crippen LogP contribution in [0.3, 0.4) is 0 Å². The number of para-hydroxylation sites is 3. The van der Waals surface area contributed by atoms with Gasteiger partial charge in [0.05, 0.1) is 16.6 Å². The van der Waals surface area contributed by atoms with Crippen LogP contribution in [0.5, 0.6) is 0 Å². The van der Waals surface area contributed by atoms with Crippen LogP contribution < -0.4 is 0 Å². The first-order valence-electron chi connectivity index (χ1n) is 17.3. The van der Waals surface area contributed by atoms with Gasteiger partial charge in [0.25, 0.3) is 0 Å². The first-order valence-corrected chi connectivity index (χ1v) is 17.3. The Morgan fingerprint density at radius 1 is 0.412 bits per heavy atom. The Hall–Kier alpha value is -6.84. The largest absolute Gasteiger partial charge is 0.292 e. The van der Waals surface area contributed by atoms with Gasteiger partial charge in [-0.3, -0.25) is 9.55 Å². The Kier molecular flexibility index (Phi) is 6.81. The van der Waals surface area contributed by atoms with E-state index in [0.717, 1.165) is 44.6 Å². The molecule has 8 aromatic carbocycles. The standard InChI is InChI=1S/C48H31N3/c1-4-13-33(14-5-1)44-40-29-26-35-17-12-30-49-47(35)46(40)45(34-15-6-2-7-16-34)39-28-27-37(31-41(39)44)32-22-24-36(25-23-32)48-50-42-20-10-11-21-43(42)51(48)38-18-8-3-9-19-38/h1-31H. The van der Waals surface area contributed by atoms with Crippen molar-refractivity contribution in [2.75, 3.05) is 0 Å². The molecule has 0 N–H and O–H groups in total. The second kappa shape index (κ2) is 11.9. The van der Waals surface area contributed by atoms with E-state index in [1.54, 1.807) is 0 Å². The molecule has 0 aliphatic rings. The number of hydrogen-bond acceptors (Lipinski definition) is 2. The number of imidazole rings is 1. The quantitative estimate of drug-likeness (QED) is 0.137. The fraction of sp³-hybridized carbons (Fsp3) is 0. The highest BCUT2D eigenvalue weighted by molar-refractivity contribution is 6.27. The molecule has 0 aliphatic heterocycles. The van der Waals surface area contributed by atoms with Crippen LogP contribution in [-0.4, -0.2) is 14.5 Å². The highest BCUT2D eigenvalue weighted by atomic mass is 15.1. The van der Waals surface area contributed by atoms with Crippen LogP contribution in [0.2, 0.25) is 0 Å². The van der Waals surface area contributed by atoms with Crippen LogP contribution in [0.15, 0.2) is 188 Å². The van der Waals surface area contributed by atoms with Crippen LogP contribution in [0.25, 0.3) is 93.9 Å². The zero-order valence-electron chi connectivity index (χ0n) is 27.7. The Balaban J connectivity index is 1.20. The first-order chi connectivity index (χ1) is 25.3. The predicted molar refractivity (Wildman–Crippen MR) is 213 cm³/mol. The summed E-state index contributed by atoms with van der Waals surface area (Å²) in [7, 11) is 0. The molecule has 0 aliphatic carbocycles. The third-order valence-corrected chi connectivity index (χ3v) is 10.0. The number of fused-ring (bicyclic) bond motifs is 5. The summed E-state index contributed by atoms with van der Waals surface area (Å²) < 4.78 is 2.25. The van der Waals surface area contributed by atoms with Gasteiger partial charge in [-0.15, -0.1) is 0 Å². The third kappa shape index (κ3) is 4.82. The molecule has 0 saturated heterocycles. The maximum Gasteiger partial charge on any atom is 0.145 e. The van der Waals surface area contributed by atoms with Crippen LogP contribution in [-0.2, 0) is 0 Å². The van der Waals surface area contributed by atoms with Crippen LogP contribution in [0.1, 0.15) is 0 Å². The van der Waals surface area contributed by atoms with Crippen molar-refractivity contribution in [2.24, 2.45) is 0 Å². The molecule has 238 valence electrons. The highest BCUT2D eigenvalue weighted by Crippen LogP contribution is 2.46. The summed E-state index contributed by atoms with van der Waals surface area (Å²) in [4.78, 5) is 10.1. The Labute approximate surface area is 295 Å². The van der Waals surface area contributed by atoms with Crippen molar-refractivity contribution in [3.8, 4) is 50.5 Å². The third-order valence-electron chi connectivity index (χ3n) is 10.0. The fourth-order valence-electron chi connectivity index (χ4n) is 7.73. The molecule has 2 heterocycles. The minimum absolute atomic E-state index is 0.929. The Morgan fingerprint density at radius 2 is 1.04 bits per heavy atom. The number of rotatable bonds is 5. The molecule has 3 heteroatoms. The monoisotopic (exact) mass is 649 g/mol. The summed E-state index contributed by atoms with van der Waals surface area (Å²) in [5, 5.41) is 5.95. The van der Waals surface area contributed by atoms with Crippen LogP contribution in [0.4, 0.5) is 0 Å². The molecule has 0 radical (unpaired) electrons. The average Bonchev–Trinajstić information content (AvgIpc) is 3.60. The van der Waals surface area contributed by atoms with E-state index in [9.17, 15) is 0 Å². The van der Waals surface area contributed by atoms with Crippen molar-refractivity contribution < 1.29 is 0 Å². The lowest BCUT2D eigenvalue weighted by Gasteiger charge is -2.20. The summed E-state index contributed by atoms with van der Waals surface area (Å²) in [5.41, 5.74) is 12.4. The number of benzene rings is 8. The maximum atomic E-state index is 5.09. The van der Waals surface area contributed by atoms with Gasteiger partial charge in [-0.25, -0.2) is 4.98 Å². The predicted octanol–water partition coefficient (Wildman–Crippen LogP) is 12.5. The molecular weight excluding hydrogens is 619 g/mol. The van der Waals surface area contributed by atoms with Gasteiger partial charge in [0, 0.05) is 28.2 Å². The Morgan fingerprint density at radius 3 is 1.80 bits per heavy atom. The molecule has 0 spiro atoms. The molecule has 0 unspecified atom stereocenters. The lowest BCUT2D eigenvalue weighted by Crippen LogP contribution is -1.97. The number of aromatic nitrogens is 3. The van der Waals surface area contributed by atoms with E-state index < -0.39 is 0 Å². The summed E-state index contributed by atoms with van der Waals surface area (Å²) in [6.07, 6.45) is 1.91. The van der Waals surface area contributed by atoms with Gasteiger partial charge in [0.15, 0.2) is 0 Å². The summed E-state index contributed by atoms with van der Waals surface area (Å²) >= 11 is 0. The van der Waals surface area contributed by atoms with E-state index in [1.807, 2.05) is 18.3 Å². The van der Waals surface area contributed by atoms with E-state index >= 15 is 0 Å². The van der Waals surface area contributed by atoms with Crippen LogP contribution >= 0.6 is 0 Å². The van der Waals surface area contributed by atoms with Crippen molar-refractivity contribution in [1.29, 1.82) is 0 Å². The molecule has 51 heavy (non-hydrogen) atoms. The van der Waals surface area contributed by atoms with E-state index in [4.69, 9.17) is 9.97 Å². The SMILES string of the molecule is c1ccc(-c2c3cc(-c4ccc(-c5nc6ccccc6n5-c5ccccc5)cc4)ccc3c(-c3ccccc3)c3c2ccc2cccnc23)cc1. The molecule has 0 bridgehead atoms. The van der Waals surface area contributed by atoms with Gasteiger partial charge in [-0.05, 0) is 85.9 Å². The lowest BCUT2D eigenvalue weighted by molar-refractivity contribution is 1.10. The number of hydrogen-bond donors (Lipinski definition) is 0. The van der Waals surface area contributed by atoms with E-state index in [-0.39, 0.29) is 0 Å². The lowest BCUT2D eigenvalue weighted by atomic mass is 9.84. The second-order valence-corrected chi connectivity index (χ2v) is 13.0. The molecule has 10 aromatic rings. The van der Waals surface area contributed by atoms with Crippen molar-refractivity contribution in [3.05, 3.63) is 188 Å². The van der Waals surface area contributed by atoms with Crippen molar-refractivity contribution >= 4 is 43.5 Å². The second-order valence-electron chi connectivity index (χ2n) is 13.0. The molecule has 3 nitrogen and oxygen atoms in total. The molecule has 0 saturated carbocycles. The van der Waals surface area contributed by atoms with E-state index in [2.05, 4.69) is 174 Å². The van der Waals surface area contributed by atoms with Crippen molar-refractivity contribution in [2.45, 2.75) is 0 Å². The summed E-state index contributed by atoms with van der Waals surface area (Å²) in [5.74, 6) is 0.929. The number of nitrogens with zero attached hydrogens (tertiary/aromatic N) is 3. The first kappa shape index (κ1) is 29.1. The molecule has 2 aromatic heterocycles. The van der Waals surface area contributed by atoms with Crippen molar-refractivity contribution in [3.63, 3.8) is 0 Å². The summed E-state index contributed by atoms with van der Waals surface area (Å²) in [6.45, 7) is 0. The zero-order chi connectivity index (χ0) is 33.7. The molecule has 10 rings (SSSR count). The minimum Gasteiger partial charge on any atom is -0.292 e. The summed E-state index contributed by atoms with van der Waals surface area (Å²) in [6, 6.07) is 64.8. The van der Waals surface area contributed by atoms with Gasteiger partial charge in [0.2, 0.25) is 0 Å². The molecule has 0 fully saturated rings. The van der Waals surface area contributed by atoms with Crippen LogP contribution in [0, 0.1) is 0 Å². The van der Waals surface area contributed by atoms with Gasteiger partial charge in [0.1, 0.15) is 5.82 Å². The maximum absolute atomic E-state index is 5.09. The van der Waals surface area contributed by atoms with E-state index in [0.29, 0.717) is 0 Å². The zero-order valence-corrected chi connectivity index (χ0v) is 27.7. The average molecular weight is 650 g/mol. The molecule has 0 atom stereocenters. The molecular formula is C48H31N3. The topological polar surface area (TPSA) is 30.7 Å². The van der Waals surface area contributed by atoms with Gasteiger partial charge < -0.3 is 0 Å². The minimum atomic E-state index is 0.929. The smallest absolute Gasteiger partial charge is 0.145 e. The highest BCUT2D eigenvalue weighted by Gasteiger charge is 2.20. The van der Waals surface area contributed by atoms with Gasteiger partial charge >= 0.3 is 0 Å². The normalized spacial score (nSPS) is 11.5. The van der Waals surface area contributed by atoms with Gasteiger partial charge in [-0.2, -0.15) is 0 Å². The van der Waals surface area contributed by atoms with E-state index in [1.165, 1.54) is 49.4 Å².